The van der Waals surface area contributed by atoms with Crippen LogP contribution in [0.15, 0.2) is 35.5 Å². The number of cyclic esters (lactones) is 1. The van der Waals surface area contributed by atoms with E-state index in [-0.39, 0.29) is 48.9 Å². The molecule has 168 valence electrons. The summed E-state index contributed by atoms with van der Waals surface area (Å²) in [7, 11) is 0. The van der Waals surface area contributed by atoms with Gasteiger partial charge in [-0.1, -0.05) is 35.0 Å². The van der Waals surface area contributed by atoms with Crippen LogP contribution in [0.1, 0.15) is 35.2 Å². The number of nitrogens with one attached hydrogen (secondary N) is 1. The molecule has 0 saturated heterocycles. The minimum atomic E-state index is -0.785. The Hall–Kier alpha value is -3.04. The number of hydrogen-bond acceptors (Lipinski definition) is 8. The summed E-state index contributed by atoms with van der Waals surface area (Å²) in [6.45, 7) is -0.366. The van der Waals surface area contributed by atoms with Crippen LogP contribution < -0.4 is 5.32 Å². The Kier molecular flexibility index (Phi) is 9.86. The van der Waals surface area contributed by atoms with E-state index in [1.165, 1.54) is 0 Å². The SMILES string of the molecule is O=C(CO/N=C1\C=C\CC/C=C/CCOC(=O)c2c(O)cc(O)c(Cl)c2C1)NCCO. The van der Waals surface area contributed by atoms with Crippen molar-refractivity contribution in [1.82, 2.24) is 5.32 Å². The van der Waals surface area contributed by atoms with Gasteiger partial charge in [-0.3, -0.25) is 4.79 Å². The molecule has 0 aliphatic carbocycles. The molecule has 0 saturated carbocycles. The minimum absolute atomic E-state index is 0.0736. The highest BCUT2D eigenvalue weighted by Gasteiger charge is 2.24. The summed E-state index contributed by atoms with van der Waals surface area (Å²) in [6.07, 6.45) is 9.27. The lowest BCUT2D eigenvalue weighted by molar-refractivity contribution is -0.125. The van der Waals surface area contributed by atoms with Crippen molar-refractivity contribution < 1.29 is 34.5 Å². The van der Waals surface area contributed by atoms with Gasteiger partial charge in [-0.05, 0) is 30.9 Å². The number of aliphatic hydroxyl groups excluding tert-OH is 1. The average molecular weight is 453 g/mol. The van der Waals surface area contributed by atoms with Crippen LogP contribution in [0.3, 0.4) is 0 Å². The predicted molar refractivity (Wildman–Crippen MR) is 114 cm³/mol. The number of aromatic hydroxyl groups is 2. The Morgan fingerprint density at radius 1 is 1.19 bits per heavy atom. The van der Waals surface area contributed by atoms with Gasteiger partial charge in [0, 0.05) is 19.0 Å². The summed E-state index contributed by atoms with van der Waals surface area (Å²) in [5.41, 5.74) is 0.246. The van der Waals surface area contributed by atoms with Crippen LogP contribution >= 0.6 is 11.6 Å². The number of rotatable bonds is 5. The zero-order chi connectivity index (χ0) is 22.6. The first-order valence-electron chi connectivity index (χ1n) is 9.72. The lowest BCUT2D eigenvalue weighted by Crippen LogP contribution is -2.29. The maximum atomic E-state index is 12.6. The van der Waals surface area contributed by atoms with Crippen molar-refractivity contribution in [3.05, 3.63) is 46.5 Å². The van der Waals surface area contributed by atoms with E-state index < -0.39 is 23.4 Å². The molecule has 0 spiro atoms. The molecule has 0 unspecified atom stereocenters. The van der Waals surface area contributed by atoms with Crippen molar-refractivity contribution in [1.29, 1.82) is 0 Å². The molecule has 1 aromatic carbocycles. The second-order valence-corrected chi connectivity index (χ2v) is 6.94. The van der Waals surface area contributed by atoms with Gasteiger partial charge >= 0.3 is 5.97 Å². The standard InChI is InChI=1S/C21H25ClN2O7/c22-20-15-11-14(24-31-13-18(28)23-8-9-25)7-5-3-1-2-4-6-10-30-21(29)19(15)16(26)12-17(20)27/h2,4-5,7,12,25-27H,1,3,6,8-11,13H2,(H,23,28)/b4-2+,7-5+,24-14+. The highest BCUT2D eigenvalue weighted by molar-refractivity contribution is 6.33. The molecular formula is C21H25ClN2O7. The lowest BCUT2D eigenvalue weighted by atomic mass is 9.99. The van der Waals surface area contributed by atoms with Gasteiger partial charge in [0.1, 0.15) is 17.1 Å². The highest BCUT2D eigenvalue weighted by Crippen LogP contribution is 2.37. The van der Waals surface area contributed by atoms with Crippen LogP contribution in [0.2, 0.25) is 5.02 Å². The van der Waals surface area contributed by atoms with Gasteiger partial charge < -0.3 is 30.2 Å². The molecule has 1 amide bonds. The molecular weight excluding hydrogens is 428 g/mol. The number of aliphatic hydroxyl groups is 1. The molecule has 0 atom stereocenters. The van der Waals surface area contributed by atoms with Crippen LogP contribution in [-0.2, 0) is 20.8 Å². The first kappa shape index (κ1) is 24.2. The lowest BCUT2D eigenvalue weighted by Gasteiger charge is -2.14. The number of allylic oxidation sites excluding steroid dienone is 3. The van der Waals surface area contributed by atoms with E-state index in [0.717, 1.165) is 12.5 Å². The van der Waals surface area contributed by atoms with Crippen molar-refractivity contribution in [2.45, 2.75) is 25.7 Å². The van der Waals surface area contributed by atoms with Crippen molar-refractivity contribution in [2.75, 3.05) is 26.4 Å². The van der Waals surface area contributed by atoms with E-state index in [4.69, 9.17) is 26.3 Å². The number of nitrogens with zero attached hydrogens (tertiary/aromatic N) is 1. The smallest absolute Gasteiger partial charge is 0.342 e. The van der Waals surface area contributed by atoms with E-state index >= 15 is 0 Å². The monoisotopic (exact) mass is 452 g/mol. The minimum Gasteiger partial charge on any atom is -0.507 e. The number of ether oxygens (including phenoxy) is 1. The Bertz CT molecular complexity index is 881. The predicted octanol–water partition coefficient (Wildman–Crippen LogP) is 2.23. The molecule has 1 aliphatic rings. The van der Waals surface area contributed by atoms with E-state index in [2.05, 4.69) is 10.5 Å². The maximum Gasteiger partial charge on any atom is 0.342 e. The molecule has 0 radical (unpaired) electrons. The largest absolute Gasteiger partial charge is 0.507 e. The van der Waals surface area contributed by atoms with Gasteiger partial charge in [0.25, 0.3) is 5.91 Å². The van der Waals surface area contributed by atoms with Crippen molar-refractivity contribution in [3.8, 4) is 11.5 Å². The number of halogens is 1. The average Bonchev–Trinajstić information content (AvgIpc) is 2.73. The molecule has 10 heteroatoms. The van der Waals surface area contributed by atoms with Gasteiger partial charge in [-0.2, -0.15) is 0 Å². The normalized spacial score (nSPS) is 18.4. The van der Waals surface area contributed by atoms with E-state index in [0.29, 0.717) is 18.6 Å². The Labute approximate surface area is 184 Å². The van der Waals surface area contributed by atoms with Crippen LogP contribution in [-0.4, -0.2) is 59.3 Å². The van der Waals surface area contributed by atoms with Crippen molar-refractivity contribution >= 4 is 29.2 Å². The molecule has 1 aromatic rings. The zero-order valence-corrected chi connectivity index (χ0v) is 17.6. The molecule has 4 N–H and O–H groups in total. The fourth-order valence-electron chi connectivity index (χ4n) is 2.74. The van der Waals surface area contributed by atoms with Crippen LogP contribution in [0.25, 0.3) is 0 Å². The van der Waals surface area contributed by atoms with Crippen LogP contribution in [0.5, 0.6) is 11.5 Å². The second-order valence-electron chi connectivity index (χ2n) is 6.56. The van der Waals surface area contributed by atoms with E-state index in [1.807, 2.05) is 18.2 Å². The number of benzene rings is 1. The molecule has 2 rings (SSSR count). The number of fused-ring (bicyclic) bond motifs is 1. The quantitative estimate of drug-likeness (QED) is 0.305. The number of phenolic OH excluding ortho intramolecular Hbond substituents is 2. The zero-order valence-electron chi connectivity index (χ0n) is 16.8. The van der Waals surface area contributed by atoms with Gasteiger partial charge in [0.2, 0.25) is 0 Å². The van der Waals surface area contributed by atoms with Gasteiger partial charge in [-0.25, -0.2) is 4.79 Å². The van der Waals surface area contributed by atoms with Gasteiger partial charge in [0.05, 0.1) is 23.9 Å². The summed E-state index contributed by atoms with van der Waals surface area (Å²) < 4.78 is 5.22. The first-order valence-corrected chi connectivity index (χ1v) is 10.1. The fraction of sp³-hybridized carbons (Fsp3) is 0.381. The Morgan fingerprint density at radius 3 is 2.71 bits per heavy atom. The van der Waals surface area contributed by atoms with Crippen molar-refractivity contribution in [3.63, 3.8) is 0 Å². The number of phenols is 2. The maximum absolute atomic E-state index is 12.6. The summed E-state index contributed by atoms with van der Waals surface area (Å²) in [4.78, 5) is 29.3. The third kappa shape index (κ3) is 7.62. The fourth-order valence-corrected chi connectivity index (χ4v) is 2.96. The molecule has 0 bridgehead atoms. The van der Waals surface area contributed by atoms with Crippen LogP contribution in [0, 0.1) is 0 Å². The topological polar surface area (TPSA) is 138 Å². The molecule has 1 heterocycles. The van der Waals surface area contributed by atoms with E-state index in [9.17, 15) is 19.8 Å². The summed E-state index contributed by atoms with van der Waals surface area (Å²) in [5, 5.41) is 35.2. The summed E-state index contributed by atoms with van der Waals surface area (Å²) in [6, 6.07) is 0.972. The second kappa shape index (κ2) is 12.6. The van der Waals surface area contributed by atoms with Gasteiger partial charge in [-0.15, -0.1) is 0 Å². The number of hydrogen-bond donors (Lipinski definition) is 4. The molecule has 0 aromatic heterocycles. The summed E-state index contributed by atoms with van der Waals surface area (Å²) >= 11 is 6.22. The number of carbonyl (C=O) groups excluding carboxylic acids is 2. The third-order valence-corrected chi connectivity index (χ3v) is 4.61. The van der Waals surface area contributed by atoms with Crippen molar-refractivity contribution in [2.24, 2.45) is 5.16 Å². The Balaban J connectivity index is 2.36. The van der Waals surface area contributed by atoms with Gasteiger partial charge in [0.15, 0.2) is 6.61 Å². The third-order valence-electron chi connectivity index (χ3n) is 4.19. The molecule has 0 fully saturated rings. The Morgan fingerprint density at radius 2 is 1.94 bits per heavy atom. The summed E-state index contributed by atoms with van der Waals surface area (Å²) in [5.74, 6) is -2.13. The first-order chi connectivity index (χ1) is 14.9. The number of carbonyl (C=O) groups is 2. The van der Waals surface area contributed by atoms with E-state index in [1.54, 1.807) is 6.08 Å². The van der Waals surface area contributed by atoms with Crippen LogP contribution in [0.4, 0.5) is 0 Å². The number of amides is 1. The molecule has 9 nitrogen and oxygen atoms in total. The number of esters is 1. The highest BCUT2D eigenvalue weighted by atomic mass is 35.5. The molecule has 1 aliphatic heterocycles. The molecule has 31 heavy (non-hydrogen) atoms. The number of oxime groups is 1.